The van der Waals surface area contributed by atoms with Gasteiger partial charge in [-0.3, -0.25) is 20.1 Å². The predicted octanol–water partition coefficient (Wildman–Crippen LogP) is 2.78. The van der Waals surface area contributed by atoms with E-state index in [0.717, 1.165) is 4.31 Å². The molecular formula is C18H16N4O4S. The van der Waals surface area contributed by atoms with Crippen LogP contribution in [0.3, 0.4) is 0 Å². The van der Waals surface area contributed by atoms with E-state index >= 15 is 0 Å². The second-order valence-corrected chi connectivity index (χ2v) is 7.55. The Morgan fingerprint density at radius 1 is 0.852 bits per heavy atom. The topological polar surface area (TPSA) is 106 Å². The minimum Gasteiger partial charge on any atom is -0.260 e. The first-order valence-corrected chi connectivity index (χ1v) is 9.46. The first-order chi connectivity index (χ1) is 13.0. The molecule has 0 radical (unpaired) electrons. The Balaban J connectivity index is 2.04. The highest BCUT2D eigenvalue weighted by Crippen LogP contribution is 2.28. The summed E-state index contributed by atoms with van der Waals surface area (Å²) in [5.74, 6) is 0. The van der Waals surface area contributed by atoms with Crippen LogP contribution in [0.1, 0.15) is 11.4 Å². The molecule has 27 heavy (non-hydrogen) atoms. The minimum atomic E-state index is -4.16. The van der Waals surface area contributed by atoms with Gasteiger partial charge in [-0.1, -0.05) is 24.3 Å². The van der Waals surface area contributed by atoms with E-state index in [1.165, 1.54) is 24.3 Å². The number of aromatic nitrogens is 2. The van der Waals surface area contributed by atoms with E-state index in [9.17, 15) is 18.5 Å². The van der Waals surface area contributed by atoms with Crippen LogP contribution in [-0.2, 0) is 23.1 Å². The van der Waals surface area contributed by atoms with Crippen molar-refractivity contribution < 1.29 is 13.3 Å². The Hall–Kier alpha value is -3.17. The number of benzene rings is 1. The second-order valence-electron chi connectivity index (χ2n) is 5.64. The van der Waals surface area contributed by atoms with Crippen molar-refractivity contribution in [3.05, 3.63) is 94.6 Å². The number of nitro benzene ring substituents is 1. The minimum absolute atomic E-state index is 0.0359. The van der Waals surface area contributed by atoms with Gasteiger partial charge in [0.2, 0.25) is 0 Å². The molecule has 0 atom stereocenters. The van der Waals surface area contributed by atoms with Crippen LogP contribution >= 0.6 is 0 Å². The summed E-state index contributed by atoms with van der Waals surface area (Å²) >= 11 is 0. The molecule has 0 spiro atoms. The van der Waals surface area contributed by atoms with Crippen molar-refractivity contribution in [3.63, 3.8) is 0 Å². The summed E-state index contributed by atoms with van der Waals surface area (Å²) in [6.45, 7) is -0.0718. The van der Waals surface area contributed by atoms with Crippen molar-refractivity contribution in [2.24, 2.45) is 0 Å². The maximum absolute atomic E-state index is 13.2. The highest BCUT2D eigenvalue weighted by Gasteiger charge is 2.32. The molecule has 0 fully saturated rings. The summed E-state index contributed by atoms with van der Waals surface area (Å²) in [7, 11) is -4.16. The number of hydrogen-bond acceptors (Lipinski definition) is 6. The zero-order valence-electron chi connectivity index (χ0n) is 14.2. The van der Waals surface area contributed by atoms with E-state index in [0.29, 0.717) is 11.4 Å². The van der Waals surface area contributed by atoms with E-state index in [-0.39, 0.29) is 18.0 Å². The van der Waals surface area contributed by atoms with Crippen LogP contribution in [0.15, 0.2) is 78.0 Å². The SMILES string of the molecule is O=[N+]([O-])c1ccccc1S(=O)(=O)N(Cc1ccccn1)Cc1ccccn1. The maximum atomic E-state index is 13.2. The van der Waals surface area contributed by atoms with E-state index in [4.69, 9.17) is 0 Å². The molecule has 8 nitrogen and oxygen atoms in total. The Morgan fingerprint density at radius 3 is 1.85 bits per heavy atom. The van der Waals surface area contributed by atoms with Crippen LogP contribution in [0.2, 0.25) is 0 Å². The molecule has 0 N–H and O–H groups in total. The number of para-hydroxylation sites is 1. The number of pyridine rings is 2. The monoisotopic (exact) mass is 384 g/mol. The van der Waals surface area contributed by atoms with E-state index < -0.39 is 20.6 Å². The van der Waals surface area contributed by atoms with Crippen molar-refractivity contribution in [2.45, 2.75) is 18.0 Å². The fraction of sp³-hybridized carbons (Fsp3) is 0.111. The summed E-state index contributed by atoms with van der Waals surface area (Å²) in [5, 5.41) is 11.3. The highest BCUT2D eigenvalue weighted by atomic mass is 32.2. The van der Waals surface area contributed by atoms with Gasteiger partial charge in [-0.25, -0.2) is 8.42 Å². The van der Waals surface area contributed by atoms with Crippen LogP contribution in [0.5, 0.6) is 0 Å². The maximum Gasteiger partial charge on any atom is 0.289 e. The largest absolute Gasteiger partial charge is 0.289 e. The fourth-order valence-corrected chi connectivity index (χ4v) is 4.08. The van der Waals surface area contributed by atoms with Gasteiger partial charge in [-0.2, -0.15) is 4.31 Å². The fourth-order valence-electron chi connectivity index (χ4n) is 2.54. The Labute approximate surface area is 156 Å². The first-order valence-electron chi connectivity index (χ1n) is 8.02. The molecule has 2 aromatic heterocycles. The quantitative estimate of drug-likeness (QED) is 0.458. The molecule has 0 saturated carbocycles. The number of hydrogen-bond donors (Lipinski definition) is 0. The van der Waals surface area contributed by atoms with Crippen LogP contribution in [0.4, 0.5) is 5.69 Å². The van der Waals surface area contributed by atoms with Crippen molar-refractivity contribution in [3.8, 4) is 0 Å². The number of nitro groups is 1. The van der Waals surface area contributed by atoms with Gasteiger partial charge in [0.25, 0.3) is 15.7 Å². The Morgan fingerprint density at radius 2 is 1.37 bits per heavy atom. The molecule has 138 valence electrons. The summed E-state index contributed by atoms with van der Waals surface area (Å²) in [4.78, 5) is 18.6. The lowest BCUT2D eigenvalue weighted by atomic mass is 10.3. The normalized spacial score (nSPS) is 11.4. The van der Waals surface area contributed by atoms with Crippen molar-refractivity contribution >= 4 is 15.7 Å². The van der Waals surface area contributed by atoms with Gasteiger partial charge in [0.05, 0.1) is 29.4 Å². The van der Waals surface area contributed by atoms with Gasteiger partial charge in [0.1, 0.15) is 0 Å². The third-order valence-electron chi connectivity index (χ3n) is 3.81. The lowest BCUT2D eigenvalue weighted by molar-refractivity contribution is -0.387. The standard InChI is InChI=1S/C18H16N4O4S/c23-22(24)17-9-1-2-10-18(17)27(25,26)21(13-15-7-3-5-11-19-15)14-16-8-4-6-12-20-16/h1-12H,13-14H2. The van der Waals surface area contributed by atoms with Crippen molar-refractivity contribution in [1.29, 1.82) is 0 Å². The molecule has 0 saturated heterocycles. The highest BCUT2D eigenvalue weighted by molar-refractivity contribution is 7.89. The predicted molar refractivity (Wildman–Crippen MR) is 98.0 cm³/mol. The first kappa shape index (κ1) is 18.6. The summed E-state index contributed by atoms with van der Waals surface area (Å²) in [5.41, 5.74) is 0.579. The molecule has 1 aromatic carbocycles. The van der Waals surface area contributed by atoms with Gasteiger partial charge in [-0.05, 0) is 30.3 Å². The molecule has 0 unspecified atom stereocenters. The molecule has 9 heteroatoms. The van der Waals surface area contributed by atoms with Crippen LogP contribution in [-0.4, -0.2) is 27.6 Å². The van der Waals surface area contributed by atoms with E-state index in [1.54, 1.807) is 48.8 Å². The van der Waals surface area contributed by atoms with Crippen LogP contribution in [0.25, 0.3) is 0 Å². The molecule has 0 aliphatic rings. The molecular weight excluding hydrogens is 368 g/mol. The van der Waals surface area contributed by atoms with E-state index in [2.05, 4.69) is 9.97 Å². The third kappa shape index (κ3) is 4.33. The number of rotatable bonds is 7. The van der Waals surface area contributed by atoms with Gasteiger partial charge in [0, 0.05) is 18.5 Å². The lowest BCUT2D eigenvalue weighted by Crippen LogP contribution is -2.31. The molecule has 2 heterocycles. The summed E-state index contributed by atoms with van der Waals surface area (Å²) in [6, 6.07) is 15.6. The number of nitrogens with zero attached hydrogens (tertiary/aromatic N) is 4. The summed E-state index contributed by atoms with van der Waals surface area (Å²) in [6.07, 6.45) is 3.12. The Kier molecular flexibility index (Phi) is 5.53. The molecule has 3 aromatic rings. The second kappa shape index (κ2) is 8.02. The van der Waals surface area contributed by atoms with E-state index in [1.807, 2.05) is 0 Å². The number of sulfonamides is 1. The van der Waals surface area contributed by atoms with Gasteiger partial charge >= 0.3 is 0 Å². The third-order valence-corrected chi connectivity index (χ3v) is 5.65. The van der Waals surface area contributed by atoms with Gasteiger partial charge < -0.3 is 0 Å². The lowest BCUT2D eigenvalue weighted by Gasteiger charge is -2.21. The van der Waals surface area contributed by atoms with Crippen LogP contribution < -0.4 is 0 Å². The van der Waals surface area contributed by atoms with Gasteiger partial charge in [0.15, 0.2) is 4.90 Å². The van der Waals surface area contributed by atoms with Crippen molar-refractivity contribution in [1.82, 2.24) is 14.3 Å². The zero-order chi connectivity index (χ0) is 19.3. The molecule has 3 rings (SSSR count). The van der Waals surface area contributed by atoms with Crippen LogP contribution in [0, 0.1) is 10.1 Å². The average molecular weight is 384 g/mol. The summed E-state index contributed by atoms with van der Waals surface area (Å²) < 4.78 is 27.6. The molecule has 0 aliphatic heterocycles. The van der Waals surface area contributed by atoms with Crippen molar-refractivity contribution in [2.75, 3.05) is 0 Å². The smallest absolute Gasteiger partial charge is 0.260 e. The Bertz CT molecular complexity index is 986. The van der Waals surface area contributed by atoms with Gasteiger partial charge in [-0.15, -0.1) is 0 Å². The molecule has 0 amide bonds. The zero-order valence-corrected chi connectivity index (χ0v) is 15.0. The molecule has 0 bridgehead atoms. The molecule has 0 aliphatic carbocycles. The average Bonchev–Trinajstić information content (AvgIpc) is 2.69.